The maximum absolute atomic E-state index is 13.3. The Morgan fingerprint density at radius 1 is 1.21 bits per heavy atom. The Morgan fingerprint density at radius 3 is 2.64 bits per heavy atom. The van der Waals surface area contributed by atoms with Gasteiger partial charge in [0.25, 0.3) is 0 Å². The molecule has 2 aliphatic rings. The lowest BCUT2D eigenvalue weighted by atomic mass is 9.80. The summed E-state index contributed by atoms with van der Waals surface area (Å²) in [5, 5.41) is 0. The molecule has 1 aromatic heterocycles. The van der Waals surface area contributed by atoms with Gasteiger partial charge in [-0.3, -0.25) is 9.79 Å². The summed E-state index contributed by atoms with van der Waals surface area (Å²) in [7, 11) is 0. The van der Waals surface area contributed by atoms with Gasteiger partial charge in [0, 0.05) is 28.9 Å². The van der Waals surface area contributed by atoms with Crippen molar-refractivity contribution < 1.29 is 18.7 Å². The van der Waals surface area contributed by atoms with E-state index in [0.717, 1.165) is 18.4 Å². The highest BCUT2D eigenvalue weighted by molar-refractivity contribution is 6.18. The van der Waals surface area contributed by atoms with Crippen molar-refractivity contribution in [3.8, 4) is 11.3 Å². The van der Waals surface area contributed by atoms with Crippen LogP contribution in [0.2, 0.25) is 0 Å². The van der Waals surface area contributed by atoms with E-state index >= 15 is 0 Å². The standard InChI is InChI=1S/C23H25NO4/c1-3-27-23(26)19-14(2)28-22-17-12-8-7-11-16(17)21(25)18(20(19)22)13-24-15-9-5-4-6-10-15/h7-8,11-13,15,18H,3-6,9-10H2,1-2H3/t18-/m0/s1. The zero-order chi connectivity index (χ0) is 19.7. The zero-order valence-electron chi connectivity index (χ0n) is 16.4. The molecule has 0 aliphatic heterocycles. The highest BCUT2D eigenvalue weighted by Gasteiger charge is 2.39. The highest BCUT2D eigenvalue weighted by atomic mass is 16.5. The summed E-state index contributed by atoms with van der Waals surface area (Å²) < 4.78 is 11.2. The summed E-state index contributed by atoms with van der Waals surface area (Å²) in [5.41, 5.74) is 2.29. The summed E-state index contributed by atoms with van der Waals surface area (Å²) in [4.78, 5) is 30.7. The van der Waals surface area contributed by atoms with Gasteiger partial charge in [-0.15, -0.1) is 0 Å². The van der Waals surface area contributed by atoms with Gasteiger partial charge in [0.1, 0.15) is 17.1 Å². The van der Waals surface area contributed by atoms with Gasteiger partial charge in [-0.25, -0.2) is 4.79 Å². The van der Waals surface area contributed by atoms with Crippen LogP contribution in [0.4, 0.5) is 0 Å². The van der Waals surface area contributed by atoms with E-state index in [4.69, 9.17) is 14.1 Å². The van der Waals surface area contributed by atoms with Gasteiger partial charge in [0.15, 0.2) is 5.78 Å². The van der Waals surface area contributed by atoms with Crippen molar-refractivity contribution in [1.29, 1.82) is 0 Å². The van der Waals surface area contributed by atoms with Crippen molar-refractivity contribution >= 4 is 18.0 Å². The van der Waals surface area contributed by atoms with Crippen LogP contribution in [0, 0.1) is 6.92 Å². The summed E-state index contributed by atoms with van der Waals surface area (Å²) in [5.74, 6) is -0.0641. The van der Waals surface area contributed by atoms with Crippen molar-refractivity contribution in [1.82, 2.24) is 0 Å². The van der Waals surface area contributed by atoms with Gasteiger partial charge >= 0.3 is 5.97 Å². The number of nitrogens with zero attached hydrogens (tertiary/aromatic N) is 1. The maximum Gasteiger partial charge on any atom is 0.342 e. The molecule has 0 unspecified atom stereocenters. The molecule has 2 aromatic rings. The lowest BCUT2D eigenvalue weighted by Gasteiger charge is -2.22. The number of fused-ring (bicyclic) bond motifs is 3. The number of hydrogen-bond donors (Lipinski definition) is 0. The number of carbonyl (C=O) groups excluding carboxylic acids is 2. The number of aliphatic imine (C=N–C) groups is 1. The molecule has 5 heteroatoms. The molecule has 0 N–H and O–H groups in total. The Morgan fingerprint density at radius 2 is 1.93 bits per heavy atom. The fourth-order valence-electron chi connectivity index (χ4n) is 4.29. The molecule has 0 amide bonds. The highest BCUT2D eigenvalue weighted by Crippen LogP contribution is 2.43. The maximum atomic E-state index is 13.3. The Balaban J connectivity index is 1.83. The van der Waals surface area contributed by atoms with Crippen LogP contribution in [0.1, 0.15) is 77.0 Å². The van der Waals surface area contributed by atoms with Crippen molar-refractivity contribution in [3.05, 3.63) is 46.7 Å². The topological polar surface area (TPSA) is 68.9 Å². The number of aryl methyl sites for hydroxylation is 1. The van der Waals surface area contributed by atoms with Gasteiger partial charge in [-0.2, -0.15) is 0 Å². The molecule has 0 radical (unpaired) electrons. The summed E-state index contributed by atoms with van der Waals surface area (Å²) >= 11 is 0. The largest absolute Gasteiger partial charge is 0.462 e. The number of ketones is 1. The molecule has 2 aliphatic carbocycles. The fourth-order valence-corrected chi connectivity index (χ4v) is 4.29. The number of carbonyl (C=O) groups is 2. The van der Waals surface area contributed by atoms with Crippen LogP contribution in [-0.4, -0.2) is 30.6 Å². The van der Waals surface area contributed by atoms with Gasteiger partial charge in [-0.05, 0) is 26.7 Å². The third kappa shape index (κ3) is 3.19. The summed E-state index contributed by atoms with van der Waals surface area (Å²) in [6.45, 7) is 3.78. The smallest absolute Gasteiger partial charge is 0.342 e. The third-order valence-corrected chi connectivity index (χ3v) is 5.65. The van der Waals surface area contributed by atoms with Gasteiger partial charge in [0.05, 0.1) is 12.5 Å². The van der Waals surface area contributed by atoms with Crippen molar-refractivity contribution in [2.75, 3.05) is 6.61 Å². The Labute approximate surface area is 164 Å². The van der Waals surface area contributed by atoms with E-state index in [-0.39, 0.29) is 18.4 Å². The average molecular weight is 379 g/mol. The minimum absolute atomic E-state index is 0.0472. The fraction of sp³-hybridized carbons (Fsp3) is 0.435. The monoisotopic (exact) mass is 379 g/mol. The van der Waals surface area contributed by atoms with Crippen LogP contribution in [0.15, 0.2) is 33.7 Å². The molecule has 146 valence electrons. The minimum Gasteiger partial charge on any atom is -0.462 e. The zero-order valence-corrected chi connectivity index (χ0v) is 16.4. The Hall–Kier alpha value is -2.69. The van der Waals surface area contributed by atoms with Crippen molar-refractivity contribution in [2.24, 2.45) is 4.99 Å². The van der Waals surface area contributed by atoms with Crippen LogP contribution < -0.4 is 0 Å². The summed E-state index contributed by atoms with van der Waals surface area (Å²) in [6, 6.07) is 7.64. The normalized spacial score (nSPS) is 19.5. The molecule has 1 fully saturated rings. The van der Waals surface area contributed by atoms with Gasteiger partial charge in [-0.1, -0.05) is 43.5 Å². The SMILES string of the molecule is CCOC(=O)c1c(C)oc2c1[C@H](C=NC1CCCCC1)C(=O)c1ccccc1-2. The number of ether oxygens (including phenoxy) is 1. The predicted molar refractivity (Wildman–Crippen MR) is 107 cm³/mol. The van der Waals surface area contributed by atoms with E-state index in [1.165, 1.54) is 19.3 Å². The molecule has 1 atom stereocenters. The number of benzene rings is 1. The average Bonchev–Trinajstić information content (AvgIpc) is 3.06. The second kappa shape index (κ2) is 7.74. The first-order chi connectivity index (χ1) is 13.6. The second-order valence-electron chi connectivity index (χ2n) is 7.47. The van der Waals surface area contributed by atoms with Gasteiger partial charge < -0.3 is 9.15 Å². The van der Waals surface area contributed by atoms with Crippen LogP contribution in [-0.2, 0) is 4.74 Å². The number of rotatable bonds is 4. The molecule has 0 bridgehead atoms. The molecule has 1 saturated carbocycles. The van der Waals surface area contributed by atoms with E-state index in [1.807, 2.05) is 24.3 Å². The first kappa shape index (κ1) is 18.7. The van der Waals surface area contributed by atoms with Crippen molar-refractivity contribution in [3.63, 3.8) is 0 Å². The number of furan rings is 1. The van der Waals surface area contributed by atoms with E-state index < -0.39 is 11.9 Å². The molecule has 5 nitrogen and oxygen atoms in total. The predicted octanol–water partition coefficient (Wildman–Crippen LogP) is 5.12. The molecule has 1 aromatic carbocycles. The molecule has 0 spiro atoms. The second-order valence-corrected chi connectivity index (χ2v) is 7.47. The first-order valence-electron chi connectivity index (χ1n) is 10.1. The number of Topliss-reactive ketones (excluding diaryl/α,β-unsaturated/α-hetero) is 1. The molecule has 0 saturated heterocycles. The molecular weight excluding hydrogens is 354 g/mol. The quantitative estimate of drug-likeness (QED) is 0.546. The van der Waals surface area contributed by atoms with E-state index in [1.54, 1.807) is 20.1 Å². The number of hydrogen-bond acceptors (Lipinski definition) is 5. The van der Waals surface area contributed by atoms with E-state index in [0.29, 0.717) is 28.2 Å². The van der Waals surface area contributed by atoms with Crippen LogP contribution >= 0.6 is 0 Å². The third-order valence-electron chi connectivity index (χ3n) is 5.65. The molecular formula is C23H25NO4. The van der Waals surface area contributed by atoms with Crippen molar-refractivity contribution in [2.45, 2.75) is 57.9 Å². The van der Waals surface area contributed by atoms with E-state index in [2.05, 4.69) is 0 Å². The lowest BCUT2D eigenvalue weighted by molar-refractivity contribution is 0.0523. The van der Waals surface area contributed by atoms with Gasteiger partial charge in [0.2, 0.25) is 0 Å². The summed E-state index contributed by atoms with van der Waals surface area (Å²) in [6.07, 6.45) is 7.44. The Kier molecular flexibility index (Phi) is 5.16. The lowest BCUT2D eigenvalue weighted by Crippen LogP contribution is -2.23. The Bertz CT molecular complexity index is 934. The van der Waals surface area contributed by atoms with Crippen LogP contribution in [0.3, 0.4) is 0 Å². The first-order valence-corrected chi connectivity index (χ1v) is 10.1. The van der Waals surface area contributed by atoms with Crippen LogP contribution in [0.25, 0.3) is 11.3 Å². The van der Waals surface area contributed by atoms with Crippen LogP contribution in [0.5, 0.6) is 0 Å². The number of esters is 1. The minimum atomic E-state index is -0.622. The van der Waals surface area contributed by atoms with E-state index in [9.17, 15) is 9.59 Å². The molecule has 1 heterocycles. The molecule has 4 rings (SSSR count). The molecule has 28 heavy (non-hydrogen) atoms.